The van der Waals surface area contributed by atoms with Crippen molar-refractivity contribution in [2.75, 3.05) is 13.1 Å². The molecule has 0 radical (unpaired) electrons. The van der Waals surface area contributed by atoms with Gasteiger partial charge >= 0.3 is 0 Å². The van der Waals surface area contributed by atoms with Crippen molar-refractivity contribution in [3.63, 3.8) is 0 Å². The third kappa shape index (κ3) is 4.61. The number of amides is 1. The summed E-state index contributed by atoms with van der Waals surface area (Å²) >= 11 is 0. The molecule has 0 atom stereocenters. The quantitative estimate of drug-likeness (QED) is 0.702. The lowest BCUT2D eigenvalue weighted by atomic mass is 9.89. The molecule has 1 aliphatic rings. The molecule has 1 saturated carbocycles. The Hall–Kier alpha value is -0.570. The lowest BCUT2D eigenvalue weighted by Gasteiger charge is -2.21. The molecule has 1 aliphatic carbocycles. The third-order valence-corrected chi connectivity index (χ3v) is 2.92. The fraction of sp³-hybridized carbons (Fsp3) is 0.909. The van der Waals surface area contributed by atoms with E-state index in [0.717, 1.165) is 18.9 Å². The fourth-order valence-electron chi connectivity index (χ4n) is 2.00. The van der Waals surface area contributed by atoms with Gasteiger partial charge in [0.1, 0.15) is 0 Å². The summed E-state index contributed by atoms with van der Waals surface area (Å²) in [6, 6.07) is 0. The summed E-state index contributed by atoms with van der Waals surface area (Å²) in [4.78, 5) is 11.3. The van der Waals surface area contributed by atoms with Crippen LogP contribution in [-0.4, -0.2) is 19.0 Å². The molecular formula is C11H22N2O. The average Bonchev–Trinajstić information content (AvgIpc) is 2.25. The first-order valence-electron chi connectivity index (χ1n) is 5.79. The standard InChI is InChI=1S/C11H22N2O/c12-8-4-7-11(14)13-9-10-5-2-1-3-6-10/h10H,1-9,12H2,(H,13,14). The number of carbonyl (C=O) groups excluding carboxylic acids is 1. The van der Waals surface area contributed by atoms with Crippen LogP contribution in [0.25, 0.3) is 0 Å². The lowest BCUT2D eigenvalue weighted by molar-refractivity contribution is -0.121. The van der Waals surface area contributed by atoms with Crippen LogP contribution in [0.15, 0.2) is 0 Å². The first-order chi connectivity index (χ1) is 6.83. The highest BCUT2D eigenvalue weighted by Gasteiger charge is 2.13. The van der Waals surface area contributed by atoms with E-state index >= 15 is 0 Å². The Kier molecular flexibility index (Phi) is 5.60. The Bertz CT molecular complexity index is 165. The van der Waals surface area contributed by atoms with E-state index in [1.807, 2.05) is 0 Å². The minimum atomic E-state index is 0.168. The second kappa shape index (κ2) is 6.82. The smallest absolute Gasteiger partial charge is 0.220 e. The van der Waals surface area contributed by atoms with Crippen LogP contribution in [0.2, 0.25) is 0 Å². The van der Waals surface area contributed by atoms with Crippen LogP contribution in [0, 0.1) is 5.92 Å². The molecule has 3 nitrogen and oxygen atoms in total. The van der Waals surface area contributed by atoms with Crippen molar-refractivity contribution in [2.45, 2.75) is 44.9 Å². The molecular weight excluding hydrogens is 176 g/mol. The van der Waals surface area contributed by atoms with Crippen molar-refractivity contribution in [3.8, 4) is 0 Å². The van der Waals surface area contributed by atoms with E-state index in [0.29, 0.717) is 13.0 Å². The van der Waals surface area contributed by atoms with E-state index in [1.165, 1.54) is 32.1 Å². The van der Waals surface area contributed by atoms with Crippen molar-refractivity contribution in [2.24, 2.45) is 11.7 Å². The van der Waals surface area contributed by atoms with Gasteiger partial charge in [0.25, 0.3) is 0 Å². The summed E-state index contributed by atoms with van der Waals surface area (Å²) in [5, 5.41) is 2.99. The molecule has 0 aliphatic heterocycles. The highest BCUT2D eigenvalue weighted by atomic mass is 16.1. The second-order valence-corrected chi connectivity index (χ2v) is 4.20. The number of nitrogens with two attached hydrogens (primary N) is 1. The Labute approximate surface area is 86.4 Å². The number of hydrogen-bond donors (Lipinski definition) is 2. The molecule has 0 aromatic rings. The van der Waals surface area contributed by atoms with Gasteiger partial charge < -0.3 is 11.1 Å². The Morgan fingerprint density at radius 1 is 1.29 bits per heavy atom. The van der Waals surface area contributed by atoms with Gasteiger partial charge in [0.05, 0.1) is 0 Å². The van der Waals surface area contributed by atoms with Gasteiger partial charge in [-0.1, -0.05) is 19.3 Å². The average molecular weight is 198 g/mol. The second-order valence-electron chi connectivity index (χ2n) is 4.20. The summed E-state index contributed by atoms with van der Waals surface area (Å²) in [5.41, 5.74) is 5.34. The maximum absolute atomic E-state index is 11.3. The zero-order chi connectivity index (χ0) is 10.2. The normalized spacial score (nSPS) is 18.1. The maximum Gasteiger partial charge on any atom is 0.220 e. The van der Waals surface area contributed by atoms with Crippen LogP contribution in [-0.2, 0) is 4.79 Å². The van der Waals surface area contributed by atoms with Crippen molar-refractivity contribution < 1.29 is 4.79 Å². The SMILES string of the molecule is NCCCC(=O)NCC1CCCCC1. The minimum absolute atomic E-state index is 0.168. The monoisotopic (exact) mass is 198 g/mol. The van der Waals surface area contributed by atoms with Crippen molar-refractivity contribution in [1.82, 2.24) is 5.32 Å². The van der Waals surface area contributed by atoms with Crippen LogP contribution in [0.5, 0.6) is 0 Å². The molecule has 1 amide bonds. The van der Waals surface area contributed by atoms with Gasteiger partial charge in [0, 0.05) is 13.0 Å². The first-order valence-corrected chi connectivity index (χ1v) is 5.79. The van der Waals surface area contributed by atoms with E-state index in [1.54, 1.807) is 0 Å². The van der Waals surface area contributed by atoms with E-state index in [4.69, 9.17) is 5.73 Å². The minimum Gasteiger partial charge on any atom is -0.356 e. The molecule has 0 aromatic carbocycles. The van der Waals surface area contributed by atoms with Crippen molar-refractivity contribution in [3.05, 3.63) is 0 Å². The summed E-state index contributed by atoms with van der Waals surface area (Å²) < 4.78 is 0. The molecule has 1 fully saturated rings. The lowest BCUT2D eigenvalue weighted by Crippen LogP contribution is -2.30. The molecule has 82 valence electrons. The molecule has 0 aromatic heterocycles. The van der Waals surface area contributed by atoms with Gasteiger partial charge in [0.15, 0.2) is 0 Å². The van der Waals surface area contributed by atoms with Gasteiger partial charge in [-0.25, -0.2) is 0 Å². The van der Waals surface area contributed by atoms with Gasteiger partial charge in [-0.2, -0.15) is 0 Å². The summed E-state index contributed by atoms with van der Waals surface area (Å²) in [5.74, 6) is 0.895. The molecule has 0 heterocycles. The number of nitrogens with one attached hydrogen (secondary N) is 1. The predicted octanol–water partition coefficient (Wildman–Crippen LogP) is 1.42. The van der Waals surface area contributed by atoms with Crippen LogP contribution in [0.4, 0.5) is 0 Å². The van der Waals surface area contributed by atoms with Crippen molar-refractivity contribution in [1.29, 1.82) is 0 Å². The molecule has 0 saturated heterocycles. The van der Waals surface area contributed by atoms with Crippen LogP contribution >= 0.6 is 0 Å². The highest BCUT2D eigenvalue weighted by Crippen LogP contribution is 2.22. The van der Waals surface area contributed by atoms with Gasteiger partial charge in [-0.05, 0) is 31.7 Å². The Balaban J connectivity index is 2.03. The molecule has 3 heteroatoms. The molecule has 0 bridgehead atoms. The summed E-state index contributed by atoms with van der Waals surface area (Å²) in [7, 11) is 0. The number of carbonyl (C=O) groups is 1. The van der Waals surface area contributed by atoms with E-state index in [9.17, 15) is 4.79 Å². The Morgan fingerprint density at radius 3 is 2.64 bits per heavy atom. The molecule has 14 heavy (non-hydrogen) atoms. The molecule has 3 N–H and O–H groups in total. The van der Waals surface area contributed by atoms with E-state index in [2.05, 4.69) is 5.32 Å². The van der Waals surface area contributed by atoms with Crippen molar-refractivity contribution >= 4 is 5.91 Å². The third-order valence-electron chi connectivity index (χ3n) is 2.92. The first kappa shape index (κ1) is 11.5. The number of hydrogen-bond acceptors (Lipinski definition) is 2. The highest BCUT2D eigenvalue weighted by molar-refractivity contribution is 5.75. The Morgan fingerprint density at radius 2 is 2.00 bits per heavy atom. The van der Waals surface area contributed by atoms with Gasteiger partial charge in [-0.15, -0.1) is 0 Å². The largest absolute Gasteiger partial charge is 0.356 e. The fourth-order valence-corrected chi connectivity index (χ4v) is 2.00. The van der Waals surface area contributed by atoms with E-state index in [-0.39, 0.29) is 5.91 Å². The molecule has 0 unspecified atom stereocenters. The van der Waals surface area contributed by atoms with Crippen LogP contribution in [0.3, 0.4) is 0 Å². The van der Waals surface area contributed by atoms with E-state index < -0.39 is 0 Å². The van der Waals surface area contributed by atoms with Crippen LogP contribution < -0.4 is 11.1 Å². The zero-order valence-electron chi connectivity index (χ0n) is 8.93. The maximum atomic E-state index is 11.3. The van der Waals surface area contributed by atoms with Gasteiger partial charge in [-0.3, -0.25) is 4.79 Å². The predicted molar refractivity (Wildman–Crippen MR) is 57.9 cm³/mol. The number of rotatable bonds is 5. The topological polar surface area (TPSA) is 55.1 Å². The zero-order valence-corrected chi connectivity index (χ0v) is 8.93. The summed E-state index contributed by atoms with van der Waals surface area (Å²) in [6.45, 7) is 1.49. The molecule has 1 rings (SSSR count). The van der Waals surface area contributed by atoms with Gasteiger partial charge in [0.2, 0.25) is 5.91 Å². The van der Waals surface area contributed by atoms with Crippen LogP contribution in [0.1, 0.15) is 44.9 Å². The molecule has 0 spiro atoms. The summed E-state index contributed by atoms with van der Waals surface area (Å²) in [6.07, 6.45) is 8.01.